The molecule has 0 bridgehead atoms. The molecule has 0 amide bonds. The average molecular weight is 274 g/mol. The fraction of sp³-hybridized carbons (Fsp3) is 0.333. The summed E-state index contributed by atoms with van der Waals surface area (Å²) in [7, 11) is 2.90. The van der Waals surface area contributed by atoms with Crippen LogP contribution in [0.5, 0.6) is 0 Å². The highest BCUT2D eigenvalue weighted by Crippen LogP contribution is 2.31. The molecule has 1 aromatic rings. The van der Waals surface area contributed by atoms with Gasteiger partial charge >= 0.3 is 5.97 Å². The van der Waals surface area contributed by atoms with Crippen LogP contribution in [-0.4, -0.2) is 26.2 Å². The molecule has 0 fully saturated rings. The molecule has 2 rings (SSSR count). The molecule has 1 aliphatic heterocycles. The van der Waals surface area contributed by atoms with Crippen LogP contribution in [-0.2, 0) is 14.3 Å². The first-order valence-corrected chi connectivity index (χ1v) is 6.31. The van der Waals surface area contributed by atoms with Crippen molar-refractivity contribution in [2.45, 2.75) is 19.9 Å². The second-order valence-electron chi connectivity index (χ2n) is 4.61. The average Bonchev–Trinajstić information content (AvgIpc) is 2.46. The van der Waals surface area contributed by atoms with E-state index in [-0.39, 0.29) is 5.97 Å². The number of carbonyl (C=O) groups excluding carboxylic acids is 1. The maximum Gasteiger partial charge on any atom is 0.338 e. The molecule has 1 atom stereocenters. The number of hydrogen-bond acceptors (Lipinski definition) is 5. The number of hydrogen-bond donors (Lipinski definition) is 1. The number of benzene rings is 1. The van der Waals surface area contributed by atoms with Gasteiger partial charge in [0.05, 0.1) is 19.8 Å². The molecule has 0 saturated heterocycles. The van der Waals surface area contributed by atoms with Gasteiger partial charge in [-0.1, -0.05) is 29.8 Å². The molecule has 0 radical (unpaired) electrons. The van der Waals surface area contributed by atoms with Gasteiger partial charge in [0.15, 0.2) is 0 Å². The fourth-order valence-electron chi connectivity index (χ4n) is 2.12. The number of aliphatic imine (C=N–C) groups is 1. The Kier molecular flexibility index (Phi) is 4.08. The lowest BCUT2D eigenvalue weighted by atomic mass is 9.96. The summed E-state index contributed by atoms with van der Waals surface area (Å²) >= 11 is 0. The van der Waals surface area contributed by atoms with Gasteiger partial charge in [-0.05, 0) is 19.4 Å². The van der Waals surface area contributed by atoms with Crippen LogP contribution in [0.4, 0.5) is 0 Å². The molecule has 1 unspecified atom stereocenters. The molecular formula is C15H18N2O3. The Balaban J connectivity index is 2.48. The smallest absolute Gasteiger partial charge is 0.338 e. The molecule has 1 aliphatic rings. The van der Waals surface area contributed by atoms with Crippen molar-refractivity contribution in [2.75, 3.05) is 14.2 Å². The van der Waals surface area contributed by atoms with Crippen molar-refractivity contribution in [1.82, 2.24) is 5.32 Å². The van der Waals surface area contributed by atoms with Crippen LogP contribution in [0.2, 0.25) is 0 Å². The fourth-order valence-corrected chi connectivity index (χ4v) is 2.12. The molecule has 1 heterocycles. The number of nitrogens with one attached hydrogen (secondary N) is 1. The minimum atomic E-state index is -0.417. The van der Waals surface area contributed by atoms with E-state index in [2.05, 4.69) is 10.3 Å². The predicted octanol–water partition coefficient (Wildman–Crippen LogP) is 2.09. The van der Waals surface area contributed by atoms with Crippen LogP contribution < -0.4 is 5.32 Å². The van der Waals surface area contributed by atoms with Gasteiger partial charge in [-0.3, -0.25) is 0 Å². The predicted molar refractivity (Wildman–Crippen MR) is 76.2 cm³/mol. The van der Waals surface area contributed by atoms with E-state index in [1.807, 2.05) is 31.2 Å². The maximum atomic E-state index is 12.0. The third kappa shape index (κ3) is 2.66. The normalized spacial score (nSPS) is 18.2. The highest BCUT2D eigenvalue weighted by molar-refractivity contribution is 5.94. The third-order valence-electron chi connectivity index (χ3n) is 3.21. The molecule has 5 heteroatoms. The van der Waals surface area contributed by atoms with E-state index in [9.17, 15) is 4.79 Å². The number of esters is 1. The van der Waals surface area contributed by atoms with Crippen molar-refractivity contribution in [2.24, 2.45) is 4.99 Å². The summed E-state index contributed by atoms with van der Waals surface area (Å²) in [5.74, 6) is -0.389. The SMILES string of the molecule is COC(=O)C1=C(C)NC(OC)=NC1c1ccc(C)cc1. The van der Waals surface area contributed by atoms with Crippen LogP contribution in [0.1, 0.15) is 24.1 Å². The second kappa shape index (κ2) is 5.77. The van der Waals surface area contributed by atoms with Gasteiger partial charge in [0, 0.05) is 5.70 Å². The van der Waals surface area contributed by atoms with E-state index < -0.39 is 6.04 Å². The number of amidine groups is 1. The lowest BCUT2D eigenvalue weighted by Gasteiger charge is -2.24. The van der Waals surface area contributed by atoms with E-state index in [0.29, 0.717) is 17.3 Å². The van der Waals surface area contributed by atoms with Crippen molar-refractivity contribution in [3.63, 3.8) is 0 Å². The van der Waals surface area contributed by atoms with Crippen molar-refractivity contribution in [3.8, 4) is 0 Å². The van der Waals surface area contributed by atoms with Gasteiger partial charge in [0.2, 0.25) is 0 Å². The summed E-state index contributed by atoms with van der Waals surface area (Å²) < 4.78 is 10.0. The topological polar surface area (TPSA) is 59.9 Å². The first-order chi connectivity index (χ1) is 9.56. The molecule has 0 aliphatic carbocycles. The van der Waals surface area contributed by atoms with Crippen LogP contribution in [0.15, 0.2) is 40.5 Å². The number of carbonyl (C=O) groups is 1. The zero-order valence-corrected chi connectivity index (χ0v) is 12.1. The molecule has 5 nitrogen and oxygen atoms in total. The summed E-state index contributed by atoms with van der Waals surface area (Å²) in [6.45, 7) is 3.82. The van der Waals surface area contributed by atoms with E-state index in [4.69, 9.17) is 9.47 Å². The molecule has 0 spiro atoms. The first kappa shape index (κ1) is 14.1. The molecule has 0 aromatic heterocycles. The van der Waals surface area contributed by atoms with Crippen LogP contribution >= 0.6 is 0 Å². The zero-order chi connectivity index (χ0) is 14.7. The van der Waals surface area contributed by atoms with E-state index in [1.54, 1.807) is 6.92 Å². The standard InChI is InChI=1S/C15H18N2O3/c1-9-5-7-11(8-6-9)13-12(14(18)19-3)10(2)16-15(17-13)20-4/h5-8,13H,1-4H3,(H,16,17). The Bertz CT molecular complexity index is 573. The van der Waals surface area contributed by atoms with Gasteiger partial charge in [0.1, 0.15) is 6.04 Å². The molecule has 1 N–H and O–H groups in total. The summed E-state index contributed by atoms with van der Waals surface area (Å²) in [6.07, 6.45) is 0. The van der Waals surface area contributed by atoms with Crippen molar-refractivity contribution in [3.05, 3.63) is 46.7 Å². The van der Waals surface area contributed by atoms with E-state index in [1.165, 1.54) is 14.2 Å². The minimum Gasteiger partial charge on any atom is -0.468 e. The molecule has 106 valence electrons. The van der Waals surface area contributed by atoms with Crippen molar-refractivity contribution >= 4 is 12.0 Å². The van der Waals surface area contributed by atoms with Crippen LogP contribution in [0.25, 0.3) is 0 Å². The molecule has 20 heavy (non-hydrogen) atoms. The van der Waals surface area contributed by atoms with Crippen LogP contribution in [0, 0.1) is 6.92 Å². The molecular weight excluding hydrogens is 256 g/mol. The lowest BCUT2D eigenvalue weighted by Crippen LogP contribution is -2.32. The zero-order valence-electron chi connectivity index (χ0n) is 12.1. The van der Waals surface area contributed by atoms with Gasteiger partial charge in [-0.25, -0.2) is 9.79 Å². The lowest BCUT2D eigenvalue weighted by molar-refractivity contribution is -0.136. The Labute approximate surface area is 118 Å². The van der Waals surface area contributed by atoms with Gasteiger partial charge in [0.25, 0.3) is 6.02 Å². The summed E-state index contributed by atoms with van der Waals surface area (Å²) in [5, 5.41) is 2.95. The Morgan fingerprint density at radius 2 is 1.85 bits per heavy atom. The summed E-state index contributed by atoms with van der Waals surface area (Å²) in [4.78, 5) is 16.4. The van der Waals surface area contributed by atoms with E-state index in [0.717, 1.165) is 11.1 Å². The third-order valence-corrected chi connectivity index (χ3v) is 3.21. The largest absolute Gasteiger partial charge is 0.468 e. The summed E-state index contributed by atoms with van der Waals surface area (Å²) in [5.41, 5.74) is 3.26. The number of aryl methyl sites for hydroxylation is 1. The minimum absolute atomic E-state index is 0.389. The highest BCUT2D eigenvalue weighted by Gasteiger charge is 2.30. The second-order valence-corrected chi connectivity index (χ2v) is 4.61. The molecule has 1 aromatic carbocycles. The first-order valence-electron chi connectivity index (χ1n) is 6.31. The highest BCUT2D eigenvalue weighted by atomic mass is 16.5. The number of methoxy groups -OCH3 is 2. The number of nitrogens with zero attached hydrogens (tertiary/aromatic N) is 1. The summed E-state index contributed by atoms with van der Waals surface area (Å²) in [6, 6.07) is 7.86. The van der Waals surface area contributed by atoms with Crippen molar-refractivity contribution in [1.29, 1.82) is 0 Å². The molecule has 0 saturated carbocycles. The number of rotatable bonds is 2. The quantitative estimate of drug-likeness (QED) is 0.839. The monoisotopic (exact) mass is 274 g/mol. The Hall–Kier alpha value is -2.30. The van der Waals surface area contributed by atoms with Gasteiger partial charge in [-0.2, -0.15) is 0 Å². The van der Waals surface area contributed by atoms with Crippen LogP contribution in [0.3, 0.4) is 0 Å². The number of allylic oxidation sites excluding steroid dienone is 1. The van der Waals surface area contributed by atoms with Gasteiger partial charge in [-0.15, -0.1) is 0 Å². The van der Waals surface area contributed by atoms with Gasteiger partial charge < -0.3 is 14.8 Å². The Morgan fingerprint density at radius 1 is 1.20 bits per heavy atom. The van der Waals surface area contributed by atoms with E-state index >= 15 is 0 Å². The maximum absolute atomic E-state index is 12.0. The number of ether oxygens (including phenoxy) is 2. The van der Waals surface area contributed by atoms with Crippen molar-refractivity contribution < 1.29 is 14.3 Å². The Morgan fingerprint density at radius 3 is 2.40 bits per heavy atom.